The molecule has 106 valence electrons. The van der Waals surface area contributed by atoms with Crippen molar-refractivity contribution in [3.63, 3.8) is 0 Å². The molecule has 2 rings (SSSR count). The number of anilines is 1. The second-order valence-corrected chi connectivity index (χ2v) is 5.88. The van der Waals surface area contributed by atoms with Crippen LogP contribution in [0.15, 0.2) is 36.4 Å². The molecule has 0 saturated heterocycles. The number of phenolic OH excluding ortho intramolecular Hbond substituents is 1. The molecule has 0 aromatic heterocycles. The van der Waals surface area contributed by atoms with Crippen LogP contribution in [-0.2, 0) is 6.42 Å². The molecule has 2 aromatic carbocycles. The average molecular weight is 331 g/mol. The molecule has 0 aliphatic rings. The van der Waals surface area contributed by atoms with Gasteiger partial charge in [0.15, 0.2) is 0 Å². The van der Waals surface area contributed by atoms with Crippen LogP contribution in [-0.4, -0.2) is 11.1 Å². The van der Waals surface area contributed by atoms with Crippen molar-refractivity contribution in [3.8, 4) is 5.75 Å². The first-order valence-corrected chi connectivity index (χ1v) is 7.28. The fraction of sp³-hybridized carbons (Fsp3) is 0.200. The number of nitrogens with one attached hydrogen (secondary N) is 1. The van der Waals surface area contributed by atoms with Gasteiger partial charge in [-0.05, 0) is 43.2 Å². The average Bonchev–Trinajstić information content (AvgIpc) is 2.39. The van der Waals surface area contributed by atoms with Crippen LogP contribution in [0.4, 0.5) is 5.69 Å². The van der Waals surface area contributed by atoms with Gasteiger partial charge in [0.05, 0.1) is 20.8 Å². The van der Waals surface area contributed by atoms with E-state index in [1.54, 1.807) is 24.3 Å². The first-order chi connectivity index (χ1) is 9.45. The Hall–Kier alpha value is -1.09. The van der Waals surface area contributed by atoms with Crippen molar-refractivity contribution in [2.24, 2.45) is 0 Å². The van der Waals surface area contributed by atoms with E-state index in [-0.39, 0.29) is 11.8 Å². The van der Waals surface area contributed by atoms with E-state index in [0.29, 0.717) is 15.1 Å². The fourth-order valence-corrected chi connectivity index (χ4v) is 2.54. The molecule has 0 aliphatic heterocycles. The summed E-state index contributed by atoms with van der Waals surface area (Å²) in [7, 11) is 0. The molecular weight excluding hydrogens is 317 g/mol. The molecule has 0 bridgehead atoms. The highest BCUT2D eigenvalue weighted by atomic mass is 35.5. The molecule has 0 saturated carbocycles. The lowest BCUT2D eigenvalue weighted by molar-refractivity contribution is 0.475. The minimum atomic E-state index is 0.161. The Morgan fingerprint density at radius 2 is 1.60 bits per heavy atom. The molecule has 20 heavy (non-hydrogen) atoms. The summed E-state index contributed by atoms with van der Waals surface area (Å²) in [6, 6.07) is 10.6. The number of rotatable bonds is 4. The number of phenols is 1. The maximum atomic E-state index is 9.26. The third-order valence-electron chi connectivity index (χ3n) is 2.89. The summed E-state index contributed by atoms with van der Waals surface area (Å²) in [4.78, 5) is 0. The van der Waals surface area contributed by atoms with E-state index in [4.69, 9.17) is 34.8 Å². The first-order valence-electron chi connectivity index (χ1n) is 6.14. The number of benzene rings is 2. The highest BCUT2D eigenvalue weighted by Gasteiger charge is 2.09. The molecule has 2 aromatic rings. The number of hydrogen-bond acceptors (Lipinski definition) is 2. The normalized spacial score (nSPS) is 12.2. The molecule has 0 spiro atoms. The lowest BCUT2D eigenvalue weighted by Gasteiger charge is -2.17. The van der Waals surface area contributed by atoms with Crippen LogP contribution in [0, 0.1) is 0 Å². The van der Waals surface area contributed by atoms with Gasteiger partial charge in [-0.15, -0.1) is 0 Å². The quantitative estimate of drug-likeness (QED) is 0.736. The standard InChI is InChI=1S/C15H14Cl3NO/c1-9(6-10-2-4-11(20)5-3-10)19-15-8-13(17)12(16)7-14(15)18/h2-5,7-9,19-20H,6H2,1H3. The third-order valence-corrected chi connectivity index (χ3v) is 3.92. The molecule has 1 unspecified atom stereocenters. The van der Waals surface area contributed by atoms with Crippen LogP contribution in [0.2, 0.25) is 15.1 Å². The van der Waals surface area contributed by atoms with Gasteiger partial charge in [-0.25, -0.2) is 0 Å². The molecule has 0 aliphatic carbocycles. The molecule has 2 nitrogen and oxygen atoms in total. The minimum Gasteiger partial charge on any atom is -0.508 e. The van der Waals surface area contributed by atoms with Gasteiger partial charge in [0.1, 0.15) is 5.75 Å². The van der Waals surface area contributed by atoms with Crippen molar-refractivity contribution in [1.82, 2.24) is 0 Å². The van der Waals surface area contributed by atoms with E-state index >= 15 is 0 Å². The van der Waals surface area contributed by atoms with Crippen molar-refractivity contribution >= 4 is 40.5 Å². The minimum absolute atomic E-state index is 0.161. The molecule has 0 heterocycles. The molecular formula is C15H14Cl3NO. The van der Waals surface area contributed by atoms with Gasteiger partial charge in [0, 0.05) is 6.04 Å². The Morgan fingerprint density at radius 3 is 2.25 bits per heavy atom. The van der Waals surface area contributed by atoms with E-state index in [0.717, 1.165) is 17.7 Å². The monoisotopic (exact) mass is 329 g/mol. The number of hydrogen-bond donors (Lipinski definition) is 2. The Kier molecular flexibility index (Phi) is 5.03. The zero-order chi connectivity index (χ0) is 14.7. The summed E-state index contributed by atoms with van der Waals surface area (Å²) >= 11 is 18.0. The summed E-state index contributed by atoms with van der Waals surface area (Å²) in [5.41, 5.74) is 1.88. The fourth-order valence-electron chi connectivity index (χ4n) is 1.94. The topological polar surface area (TPSA) is 32.3 Å². The van der Waals surface area contributed by atoms with Gasteiger partial charge in [0.25, 0.3) is 0 Å². The van der Waals surface area contributed by atoms with Crippen molar-refractivity contribution in [3.05, 3.63) is 57.0 Å². The van der Waals surface area contributed by atoms with Crippen molar-refractivity contribution < 1.29 is 5.11 Å². The maximum Gasteiger partial charge on any atom is 0.115 e. The van der Waals surface area contributed by atoms with E-state index in [1.165, 1.54) is 0 Å². The van der Waals surface area contributed by atoms with Gasteiger partial charge in [-0.2, -0.15) is 0 Å². The van der Waals surface area contributed by atoms with Crippen molar-refractivity contribution in [2.75, 3.05) is 5.32 Å². The Balaban J connectivity index is 2.06. The zero-order valence-corrected chi connectivity index (χ0v) is 13.1. The predicted molar refractivity (Wildman–Crippen MR) is 86.4 cm³/mol. The van der Waals surface area contributed by atoms with Gasteiger partial charge in [-0.3, -0.25) is 0 Å². The first kappa shape index (κ1) is 15.3. The molecule has 0 radical (unpaired) electrons. The van der Waals surface area contributed by atoms with Gasteiger partial charge in [-0.1, -0.05) is 46.9 Å². The summed E-state index contributed by atoms with van der Waals surface area (Å²) in [6.45, 7) is 2.05. The Labute approximate surface area is 133 Å². The Morgan fingerprint density at radius 1 is 1.00 bits per heavy atom. The van der Waals surface area contributed by atoms with E-state index in [1.807, 2.05) is 19.1 Å². The summed E-state index contributed by atoms with van der Waals surface area (Å²) in [5, 5.41) is 14.0. The molecule has 1 atom stereocenters. The van der Waals surface area contributed by atoms with E-state index in [2.05, 4.69) is 5.32 Å². The molecule has 0 amide bonds. The smallest absolute Gasteiger partial charge is 0.115 e. The second kappa shape index (κ2) is 6.57. The highest BCUT2D eigenvalue weighted by Crippen LogP contribution is 2.32. The second-order valence-electron chi connectivity index (χ2n) is 4.66. The summed E-state index contributed by atoms with van der Waals surface area (Å²) in [6.07, 6.45) is 0.802. The lowest BCUT2D eigenvalue weighted by atomic mass is 10.1. The number of halogens is 3. The van der Waals surface area contributed by atoms with E-state index < -0.39 is 0 Å². The van der Waals surface area contributed by atoms with Crippen molar-refractivity contribution in [1.29, 1.82) is 0 Å². The largest absolute Gasteiger partial charge is 0.508 e. The zero-order valence-electron chi connectivity index (χ0n) is 10.8. The van der Waals surface area contributed by atoms with Gasteiger partial charge in [0.2, 0.25) is 0 Å². The van der Waals surface area contributed by atoms with Crippen LogP contribution in [0.1, 0.15) is 12.5 Å². The van der Waals surface area contributed by atoms with Crippen LogP contribution in [0.25, 0.3) is 0 Å². The third kappa shape index (κ3) is 3.95. The van der Waals surface area contributed by atoms with Crippen LogP contribution in [0.5, 0.6) is 5.75 Å². The molecule has 0 fully saturated rings. The van der Waals surface area contributed by atoms with Gasteiger partial charge >= 0.3 is 0 Å². The lowest BCUT2D eigenvalue weighted by Crippen LogP contribution is -2.18. The summed E-state index contributed by atoms with van der Waals surface area (Å²) in [5.74, 6) is 0.266. The van der Waals surface area contributed by atoms with Crippen LogP contribution < -0.4 is 5.32 Å². The van der Waals surface area contributed by atoms with Crippen molar-refractivity contribution in [2.45, 2.75) is 19.4 Å². The molecule has 2 N–H and O–H groups in total. The van der Waals surface area contributed by atoms with Crippen LogP contribution in [0.3, 0.4) is 0 Å². The van der Waals surface area contributed by atoms with Crippen LogP contribution >= 0.6 is 34.8 Å². The Bertz CT molecular complexity index is 599. The number of aromatic hydroxyl groups is 1. The van der Waals surface area contributed by atoms with Gasteiger partial charge < -0.3 is 10.4 Å². The SMILES string of the molecule is CC(Cc1ccc(O)cc1)Nc1cc(Cl)c(Cl)cc1Cl. The highest BCUT2D eigenvalue weighted by molar-refractivity contribution is 6.44. The predicted octanol–water partition coefficient (Wildman–Crippen LogP) is 5.40. The summed E-state index contributed by atoms with van der Waals surface area (Å²) < 4.78 is 0. The van der Waals surface area contributed by atoms with E-state index in [9.17, 15) is 5.11 Å². The molecule has 5 heteroatoms. The maximum absolute atomic E-state index is 9.26.